The van der Waals surface area contributed by atoms with E-state index in [1.165, 1.54) is 13.8 Å². The van der Waals surface area contributed by atoms with Crippen molar-refractivity contribution < 1.29 is 27.1 Å². The first-order valence-electron chi connectivity index (χ1n) is 5.45. The number of carboxylic acid groups (broad SMARTS) is 1. The molecule has 0 aliphatic carbocycles. The molecular weight excluding hydrogens is 360 g/mol. The Hall–Kier alpha value is -1.06. The Morgan fingerprint density at radius 3 is 2.35 bits per heavy atom. The van der Waals surface area contributed by atoms with Gasteiger partial charge >= 0.3 is 5.97 Å². The molecule has 9 heteroatoms. The maximum absolute atomic E-state index is 13.7. The molecule has 1 aromatic carbocycles. The number of carbonyl (C=O) groups is 1. The van der Waals surface area contributed by atoms with E-state index in [1.807, 2.05) is 0 Å². The lowest BCUT2D eigenvalue weighted by Crippen LogP contribution is -2.40. The van der Waals surface area contributed by atoms with Gasteiger partial charge in [0, 0.05) is 12.1 Å². The molecule has 0 heterocycles. The number of aliphatic carboxylic acids is 1. The van der Waals surface area contributed by atoms with Crippen LogP contribution in [0.25, 0.3) is 0 Å². The largest absolute Gasteiger partial charge is 0.480 e. The molecule has 0 amide bonds. The Labute approximate surface area is 123 Å². The number of rotatable bonds is 5. The molecule has 1 aromatic rings. The highest BCUT2D eigenvalue weighted by Gasteiger charge is 2.32. The summed E-state index contributed by atoms with van der Waals surface area (Å²) in [4.78, 5) is 9.95. The quantitative estimate of drug-likeness (QED) is 0.805. The van der Waals surface area contributed by atoms with E-state index in [9.17, 15) is 22.0 Å². The zero-order valence-electron chi connectivity index (χ0n) is 10.6. The van der Waals surface area contributed by atoms with Gasteiger partial charge in [-0.3, -0.25) is 4.79 Å². The van der Waals surface area contributed by atoms with Gasteiger partial charge in [-0.1, -0.05) is 0 Å². The van der Waals surface area contributed by atoms with Crippen LogP contribution in [0, 0.1) is 11.6 Å². The van der Waals surface area contributed by atoms with Crippen LogP contribution >= 0.6 is 15.9 Å². The summed E-state index contributed by atoms with van der Waals surface area (Å²) in [5, 5.41) is 8.74. The lowest BCUT2D eigenvalue weighted by molar-refractivity contribution is -0.137. The summed E-state index contributed by atoms with van der Waals surface area (Å²) in [6.07, 6.45) is 0. The van der Waals surface area contributed by atoms with E-state index in [0.717, 1.165) is 6.07 Å². The molecule has 112 valence electrons. The number of benzene rings is 1. The third kappa shape index (κ3) is 3.53. The molecule has 0 fully saturated rings. The van der Waals surface area contributed by atoms with E-state index >= 15 is 0 Å². The molecule has 0 aliphatic heterocycles. The molecular formula is C11H12BrF2NO4S. The maximum atomic E-state index is 13.7. The van der Waals surface area contributed by atoms with Crippen LogP contribution in [0.3, 0.4) is 0 Å². The normalized spacial score (nSPS) is 12.2. The number of nitrogens with zero attached hydrogens (tertiary/aromatic N) is 1. The molecule has 0 radical (unpaired) electrons. The Morgan fingerprint density at radius 2 is 1.90 bits per heavy atom. The second-order valence-electron chi connectivity index (χ2n) is 4.23. The molecule has 0 saturated carbocycles. The fourth-order valence-corrected chi connectivity index (χ4v) is 3.66. The second-order valence-corrected chi connectivity index (χ2v) is 6.95. The zero-order chi connectivity index (χ0) is 15.7. The van der Waals surface area contributed by atoms with Crippen LogP contribution in [0.5, 0.6) is 0 Å². The average molecular weight is 372 g/mol. The van der Waals surface area contributed by atoms with Crippen molar-refractivity contribution in [2.45, 2.75) is 24.8 Å². The van der Waals surface area contributed by atoms with Crippen molar-refractivity contribution in [3.05, 3.63) is 28.2 Å². The molecule has 0 spiro atoms. The lowest BCUT2D eigenvalue weighted by Gasteiger charge is -2.24. The van der Waals surface area contributed by atoms with Gasteiger partial charge < -0.3 is 5.11 Å². The summed E-state index contributed by atoms with van der Waals surface area (Å²) in [6.45, 7) is 2.10. The van der Waals surface area contributed by atoms with Gasteiger partial charge in [0.1, 0.15) is 23.1 Å². The lowest BCUT2D eigenvalue weighted by atomic mass is 10.3. The van der Waals surface area contributed by atoms with Crippen molar-refractivity contribution in [3.63, 3.8) is 0 Å². The van der Waals surface area contributed by atoms with E-state index in [4.69, 9.17) is 5.11 Å². The summed E-state index contributed by atoms with van der Waals surface area (Å²) in [5.41, 5.74) is 0. The number of sulfonamides is 1. The second kappa shape index (κ2) is 6.15. The molecule has 0 aromatic heterocycles. The van der Waals surface area contributed by atoms with Crippen LogP contribution < -0.4 is 0 Å². The molecule has 0 unspecified atom stereocenters. The van der Waals surface area contributed by atoms with Crippen LogP contribution in [-0.2, 0) is 14.8 Å². The van der Waals surface area contributed by atoms with Gasteiger partial charge in [-0.25, -0.2) is 17.2 Å². The smallest absolute Gasteiger partial charge is 0.318 e. The molecule has 0 bridgehead atoms. The van der Waals surface area contributed by atoms with E-state index in [-0.39, 0.29) is 4.47 Å². The average Bonchev–Trinajstić information content (AvgIpc) is 2.29. The standard InChI is InChI=1S/C11H12BrF2NO4S/c1-6(2)15(5-11(16)17)20(18,19)10-3-7(12)8(13)4-9(10)14/h3-4,6H,5H2,1-2H3,(H,16,17). The number of hydrogen-bond donors (Lipinski definition) is 1. The number of halogens is 3. The van der Waals surface area contributed by atoms with Gasteiger partial charge in [-0.15, -0.1) is 0 Å². The highest BCUT2D eigenvalue weighted by atomic mass is 79.9. The summed E-state index contributed by atoms with van der Waals surface area (Å²) in [5.74, 6) is -3.60. The van der Waals surface area contributed by atoms with E-state index < -0.39 is 45.1 Å². The highest BCUT2D eigenvalue weighted by Crippen LogP contribution is 2.26. The molecule has 1 rings (SSSR count). The number of carboxylic acids is 1. The Bertz CT molecular complexity index is 634. The van der Waals surface area contributed by atoms with E-state index in [1.54, 1.807) is 0 Å². The van der Waals surface area contributed by atoms with Crippen molar-refractivity contribution in [2.75, 3.05) is 6.54 Å². The van der Waals surface area contributed by atoms with Crippen molar-refractivity contribution >= 4 is 31.9 Å². The van der Waals surface area contributed by atoms with Crippen LogP contribution in [0.1, 0.15) is 13.8 Å². The third-order valence-electron chi connectivity index (χ3n) is 2.43. The minimum absolute atomic E-state index is 0.225. The van der Waals surface area contributed by atoms with Crippen LogP contribution in [0.4, 0.5) is 8.78 Å². The van der Waals surface area contributed by atoms with Crippen molar-refractivity contribution in [1.82, 2.24) is 4.31 Å². The fourth-order valence-electron chi connectivity index (χ4n) is 1.51. The predicted molar refractivity (Wildman–Crippen MR) is 70.7 cm³/mol. The summed E-state index contributed by atoms with van der Waals surface area (Å²) < 4.78 is 51.7. The minimum atomic E-state index is -4.38. The number of hydrogen-bond acceptors (Lipinski definition) is 3. The fraction of sp³-hybridized carbons (Fsp3) is 0.364. The van der Waals surface area contributed by atoms with Crippen molar-refractivity contribution in [1.29, 1.82) is 0 Å². The van der Waals surface area contributed by atoms with Gasteiger partial charge in [-0.2, -0.15) is 4.31 Å². The molecule has 0 saturated heterocycles. The SMILES string of the molecule is CC(C)N(CC(=O)O)S(=O)(=O)c1cc(Br)c(F)cc1F. The molecule has 0 aliphatic rings. The monoisotopic (exact) mass is 371 g/mol. The summed E-state index contributed by atoms with van der Waals surface area (Å²) in [7, 11) is -4.38. The first-order chi connectivity index (χ1) is 9.07. The van der Waals surface area contributed by atoms with Crippen molar-refractivity contribution in [3.8, 4) is 0 Å². The predicted octanol–water partition coefficient (Wildman–Crippen LogP) is 2.21. The van der Waals surface area contributed by atoms with Crippen LogP contribution in [-0.4, -0.2) is 36.4 Å². The minimum Gasteiger partial charge on any atom is -0.480 e. The Morgan fingerprint density at radius 1 is 1.35 bits per heavy atom. The van der Waals surface area contributed by atoms with Crippen LogP contribution in [0.2, 0.25) is 0 Å². The van der Waals surface area contributed by atoms with Crippen molar-refractivity contribution in [2.24, 2.45) is 0 Å². The van der Waals surface area contributed by atoms with Crippen LogP contribution in [0.15, 0.2) is 21.5 Å². The summed E-state index contributed by atoms with van der Waals surface area (Å²) >= 11 is 2.77. The zero-order valence-corrected chi connectivity index (χ0v) is 13.0. The third-order valence-corrected chi connectivity index (χ3v) is 5.07. The van der Waals surface area contributed by atoms with Gasteiger partial charge in [0.2, 0.25) is 10.0 Å². The van der Waals surface area contributed by atoms with Gasteiger partial charge in [0.15, 0.2) is 0 Å². The molecule has 1 N–H and O–H groups in total. The summed E-state index contributed by atoms with van der Waals surface area (Å²) in [6, 6.07) is 0.507. The first kappa shape index (κ1) is 17.0. The molecule has 20 heavy (non-hydrogen) atoms. The van der Waals surface area contributed by atoms with Gasteiger partial charge in [-0.05, 0) is 35.8 Å². The topological polar surface area (TPSA) is 74.7 Å². The van der Waals surface area contributed by atoms with Gasteiger partial charge in [0.05, 0.1) is 4.47 Å². The van der Waals surface area contributed by atoms with Gasteiger partial charge in [0.25, 0.3) is 0 Å². The Kier molecular flexibility index (Phi) is 5.22. The first-order valence-corrected chi connectivity index (χ1v) is 7.69. The molecule has 0 atom stereocenters. The van der Waals surface area contributed by atoms with E-state index in [0.29, 0.717) is 10.4 Å². The van der Waals surface area contributed by atoms with E-state index in [2.05, 4.69) is 15.9 Å². The highest BCUT2D eigenvalue weighted by molar-refractivity contribution is 9.10. The Balaban J connectivity index is 3.41. The molecule has 5 nitrogen and oxygen atoms in total. The maximum Gasteiger partial charge on any atom is 0.318 e.